The monoisotopic (exact) mass is 369 g/mol. The summed E-state index contributed by atoms with van der Waals surface area (Å²) in [6.07, 6.45) is 1.25. The van der Waals surface area contributed by atoms with Crippen LogP contribution in [-0.4, -0.2) is 43.6 Å². The van der Waals surface area contributed by atoms with Crippen LogP contribution in [0, 0.1) is 0 Å². The molecule has 2 rings (SSSR count). The van der Waals surface area contributed by atoms with Gasteiger partial charge in [0.2, 0.25) is 5.91 Å². The maximum atomic E-state index is 12.8. The molecule has 0 atom stereocenters. The topological polar surface area (TPSA) is 55.8 Å². The lowest BCUT2D eigenvalue weighted by molar-refractivity contribution is -0.144. The first kappa shape index (κ1) is 20.5. The Morgan fingerprint density at radius 2 is 1.63 bits per heavy atom. The van der Waals surface area contributed by atoms with E-state index >= 15 is 0 Å². The Kier molecular flexibility index (Phi) is 8.36. The maximum absolute atomic E-state index is 12.8. The third-order valence-corrected chi connectivity index (χ3v) is 4.27. The molecule has 5 heteroatoms. The molecule has 0 radical (unpaired) electrons. The van der Waals surface area contributed by atoms with E-state index in [1.54, 1.807) is 18.9 Å². The smallest absolute Gasteiger partial charge is 0.307 e. The van der Waals surface area contributed by atoms with Gasteiger partial charge in [0.1, 0.15) is 5.75 Å². The van der Waals surface area contributed by atoms with Crippen molar-refractivity contribution in [3.8, 4) is 5.75 Å². The standard InChI is InChI=1S/C22H27NO4/c1-3-27-22(25)14-16-23(21(24)17-19-7-5-4-6-8-19)15-13-18-9-11-20(26-2)12-10-18/h4-12H,3,13-17H2,1-2H3. The summed E-state index contributed by atoms with van der Waals surface area (Å²) in [6, 6.07) is 17.4. The molecule has 0 aliphatic rings. The highest BCUT2D eigenvalue weighted by atomic mass is 16.5. The van der Waals surface area contributed by atoms with Crippen LogP contribution in [0.3, 0.4) is 0 Å². The first-order valence-corrected chi connectivity index (χ1v) is 9.22. The van der Waals surface area contributed by atoms with Crippen molar-refractivity contribution in [2.45, 2.75) is 26.2 Å². The van der Waals surface area contributed by atoms with Crippen LogP contribution in [0.2, 0.25) is 0 Å². The molecule has 0 aliphatic heterocycles. The number of carbonyl (C=O) groups is 2. The van der Waals surface area contributed by atoms with E-state index < -0.39 is 0 Å². The van der Waals surface area contributed by atoms with Crippen molar-refractivity contribution in [1.82, 2.24) is 4.90 Å². The minimum absolute atomic E-state index is 0.0130. The van der Waals surface area contributed by atoms with Crippen LogP contribution >= 0.6 is 0 Å². The van der Waals surface area contributed by atoms with E-state index in [1.807, 2.05) is 54.6 Å². The van der Waals surface area contributed by atoms with Gasteiger partial charge in [0, 0.05) is 13.1 Å². The Labute approximate surface area is 160 Å². The van der Waals surface area contributed by atoms with Crippen LogP contribution < -0.4 is 4.74 Å². The molecule has 0 unspecified atom stereocenters. The van der Waals surface area contributed by atoms with Crippen LogP contribution in [-0.2, 0) is 27.2 Å². The summed E-state index contributed by atoms with van der Waals surface area (Å²) in [5, 5.41) is 0. The van der Waals surface area contributed by atoms with Crippen LogP contribution in [0.1, 0.15) is 24.5 Å². The lowest BCUT2D eigenvalue weighted by Gasteiger charge is -2.22. The van der Waals surface area contributed by atoms with Crippen LogP contribution in [0.5, 0.6) is 5.75 Å². The maximum Gasteiger partial charge on any atom is 0.307 e. The molecule has 0 spiro atoms. The van der Waals surface area contributed by atoms with Gasteiger partial charge in [-0.3, -0.25) is 9.59 Å². The fourth-order valence-electron chi connectivity index (χ4n) is 2.76. The van der Waals surface area contributed by atoms with Crippen molar-refractivity contribution in [2.24, 2.45) is 0 Å². The molecule has 0 saturated carbocycles. The molecule has 0 aliphatic carbocycles. The third kappa shape index (κ3) is 7.13. The van der Waals surface area contributed by atoms with Crippen molar-refractivity contribution >= 4 is 11.9 Å². The zero-order chi connectivity index (χ0) is 19.5. The number of nitrogens with zero attached hydrogens (tertiary/aromatic N) is 1. The van der Waals surface area contributed by atoms with E-state index in [4.69, 9.17) is 9.47 Å². The average molecular weight is 369 g/mol. The van der Waals surface area contributed by atoms with Gasteiger partial charge in [0.15, 0.2) is 0 Å². The zero-order valence-electron chi connectivity index (χ0n) is 16.0. The van der Waals surface area contributed by atoms with Crippen molar-refractivity contribution in [1.29, 1.82) is 0 Å². The lowest BCUT2D eigenvalue weighted by atomic mass is 10.1. The van der Waals surface area contributed by atoms with Gasteiger partial charge in [-0.25, -0.2) is 0 Å². The molecule has 1 amide bonds. The van der Waals surface area contributed by atoms with Crippen molar-refractivity contribution in [3.05, 3.63) is 65.7 Å². The Morgan fingerprint density at radius 1 is 0.926 bits per heavy atom. The highest BCUT2D eigenvalue weighted by Crippen LogP contribution is 2.13. The largest absolute Gasteiger partial charge is 0.497 e. The fraction of sp³-hybridized carbons (Fsp3) is 0.364. The lowest BCUT2D eigenvalue weighted by Crippen LogP contribution is -2.36. The molecule has 5 nitrogen and oxygen atoms in total. The SMILES string of the molecule is CCOC(=O)CCN(CCc1ccc(OC)cc1)C(=O)Cc1ccccc1. The first-order chi connectivity index (χ1) is 13.1. The number of amides is 1. The number of hydrogen-bond donors (Lipinski definition) is 0. The Bertz CT molecular complexity index is 713. The molecular weight excluding hydrogens is 342 g/mol. The molecule has 144 valence electrons. The van der Waals surface area contributed by atoms with E-state index in [1.165, 1.54) is 0 Å². The van der Waals surface area contributed by atoms with Gasteiger partial charge in [-0.2, -0.15) is 0 Å². The number of esters is 1. The normalized spacial score (nSPS) is 10.3. The van der Waals surface area contributed by atoms with E-state index in [0.29, 0.717) is 32.5 Å². The predicted octanol–water partition coefficient (Wildman–Crippen LogP) is 3.26. The number of benzene rings is 2. The number of methoxy groups -OCH3 is 1. The second-order valence-electron chi connectivity index (χ2n) is 6.20. The second-order valence-corrected chi connectivity index (χ2v) is 6.20. The molecule has 27 heavy (non-hydrogen) atoms. The Morgan fingerprint density at radius 3 is 2.26 bits per heavy atom. The highest BCUT2D eigenvalue weighted by molar-refractivity contribution is 5.79. The van der Waals surface area contributed by atoms with E-state index in [9.17, 15) is 9.59 Å². The molecule has 0 heterocycles. The third-order valence-electron chi connectivity index (χ3n) is 4.27. The van der Waals surface area contributed by atoms with Crippen molar-refractivity contribution in [2.75, 3.05) is 26.8 Å². The van der Waals surface area contributed by atoms with Crippen molar-refractivity contribution < 1.29 is 19.1 Å². The highest BCUT2D eigenvalue weighted by Gasteiger charge is 2.16. The van der Waals surface area contributed by atoms with Gasteiger partial charge in [-0.1, -0.05) is 42.5 Å². The van der Waals surface area contributed by atoms with E-state index in [-0.39, 0.29) is 18.3 Å². The van der Waals surface area contributed by atoms with E-state index in [2.05, 4.69) is 0 Å². The molecule has 0 fully saturated rings. The fourth-order valence-corrected chi connectivity index (χ4v) is 2.76. The van der Waals surface area contributed by atoms with Gasteiger partial charge in [0.05, 0.1) is 26.6 Å². The summed E-state index contributed by atoms with van der Waals surface area (Å²) in [5.41, 5.74) is 2.08. The van der Waals surface area contributed by atoms with Gasteiger partial charge >= 0.3 is 5.97 Å². The number of carbonyl (C=O) groups excluding carboxylic acids is 2. The molecule has 2 aromatic carbocycles. The molecular formula is C22H27NO4. The molecule has 2 aromatic rings. The summed E-state index contributed by atoms with van der Waals surface area (Å²) < 4.78 is 10.2. The van der Waals surface area contributed by atoms with Gasteiger partial charge < -0.3 is 14.4 Å². The molecule has 0 N–H and O–H groups in total. The number of hydrogen-bond acceptors (Lipinski definition) is 4. The zero-order valence-corrected chi connectivity index (χ0v) is 16.0. The van der Waals surface area contributed by atoms with Gasteiger partial charge in [0.25, 0.3) is 0 Å². The Balaban J connectivity index is 1.98. The summed E-state index contributed by atoms with van der Waals surface area (Å²) in [6.45, 7) is 3.04. The van der Waals surface area contributed by atoms with Gasteiger partial charge in [-0.05, 0) is 36.6 Å². The molecule has 0 saturated heterocycles. The first-order valence-electron chi connectivity index (χ1n) is 9.22. The minimum atomic E-state index is -0.278. The predicted molar refractivity (Wildman–Crippen MR) is 105 cm³/mol. The molecule has 0 bridgehead atoms. The van der Waals surface area contributed by atoms with Crippen molar-refractivity contribution in [3.63, 3.8) is 0 Å². The summed E-state index contributed by atoms with van der Waals surface area (Å²) >= 11 is 0. The van der Waals surface area contributed by atoms with Crippen LogP contribution in [0.4, 0.5) is 0 Å². The van der Waals surface area contributed by atoms with Gasteiger partial charge in [-0.15, -0.1) is 0 Å². The molecule has 0 aromatic heterocycles. The van der Waals surface area contributed by atoms with E-state index in [0.717, 1.165) is 16.9 Å². The average Bonchev–Trinajstić information content (AvgIpc) is 2.69. The second kappa shape index (κ2) is 11.0. The summed E-state index contributed by atoms with van der Waals surface area (Å²) in [4.78, 5) is 26.2. The minimum Gasteiger partial charge on any atom is -0.497 e. The number of ether oxygens (including phenoxy) is 2. The van der Waals surface area contributed by atoms with Crippen LogP contribution in [0.15, 0.2) is 54.6 Å². The quantitative estimate of drug-likeness (QED) is 0.603. The van der Waals surface area contributed by atoms with Crippen LogP contribution in [0.25, 0.3) is 0 Å². The number of rotatable bonds is 10. The summed E-state index contributed by atoms with van der Waals surface area (Å²) in [7, 11) is 1.63. The summed E-state index contributed by atoms with van der Waals surface area (Å²) in [5.74, 6) is 0.538. The Hall–Kier alpha value is -2.82.